The predicted molar refractivity (Wildman–Crippen MR) is 56.6 cm³/mol. The Bertz CT molecular complexity index is 366. The number of hydrogen-bond donors (Lipinski definition) is 2. The van der Waals surface area contributed by atoms with Gasteiger partial charge in [-0.25, -0.2) is 0 Å². The van der Waals surface area contributed by atoms with Crippen molar-refractivity contribution in [2.45, 2.75) is 19.2 Å². The zero-order chi connectivity index (χ0) is 12.3. The van der Waals surface area contributed by atoms with Gasteiger partial charge in [-0.1, -0.05) is 11.6 Å². The second-order valence-corrected chi connectivity index (χ2v) is 3.83. The molecular formula is C10H11ClF3NO. The Labute approximate surface area is 96.0 Å². The summed E-state index contributed by atoms with van der Waals surface area (Å²) in [7, 11) is 0. The molecule has 0 amide bonds. The van der Waals surface area contributed by atoms with Crippen LogP contribution in [0.3, 0.4) is 0 Å². The largest absolute Gasteiger partial charge is 0.417 e. The van der Waals surface area contributed by atoms with Crippen molar-refractivity contribution >= 4 is 17.3 Å². The summed E-state index contributed by atoms with van der Waals surface area (Å²) in [6.07, 6.45) is -5.11. The van der Waals surface area contributed by atoms with Crippen molar-refractivity contribution in [3.8, 4) is 0 Å². The second-order valence-electron chi connectivity index (χ2n) is 3.42. The van der Waals surface area contributed by atoms with Gasteiger partial charge < -0.3 is 10.4 Å². The summed E-state index contributed by atoms with van der Waals surface area (Å²) in [5.41, 5.74) is -0.609. The van der Waals surface area contributed by atoms with E-state index in [9.17, 15) is 13.2 Å². The third-order valence-corrected chi connectivity index (χ3v) is 2.20. The maximum absolute atomic E-state index is 12.5. The monoisotopic (exact) mass is 253 g/mol. The summed E-state index contributed by atoms with van der Waals surface area (Å²) in [6.45, 7) is 1.71. The lowest BCUT2D eigenvalue weighted by atomic mass is 10.2. The molecule has 0 aliphatic carbocycles. The van der Waals surface area contributed by atoms with Gasteiger partial charge in [-0.2, -0.15) is 13.2 Å². The number of rotatable bonds is 3. The lowest BCUT2D eigenvalue weighted by molar-refractivity contribution is -0.137. The molecule has 0 spiro atoms. The smallest absolute Gasteiger partial charge is 0.392 e. The Kier molecular flexibility index (Phi) is 4.04. The van der Waals surface area contributed by atoms with Crippen LogP contribution in [0.15, 0.2) is 18.2 Å². The Balaban J connectivity index is 2.90. The third-order valence-electron chi connectivity index (χ3n) is 1.87. The molecule has 0 saturated heterocycles. The highest BCUT2D eigenvalue weighted by Crippen LogP contribution is 2.36. The first-order chi connectivity index (χ1) is 7.30. The molecule has 0 unspecified atom stereocenters. The van der Waals surface area contributed by atoms with Gasteiger partial charge in [0.05, 0.1) is 16.7 Å². The number of hydrogen-bond acceptors (Lipinski definition) is 2. The van der Waals surface area contributed by atoms with E-state index in [4.69, 9.17) is 16.7 Å². The molecule has 2 N–H and O–H groups in total. The maximum atomic E-state index is 12.5. The molecule has 0 radical (unpaired) electrons. The Morgan fingerprint density at radius 2 is 2.06 bits per heavy atom. The zero-order valence-corrected chi connectivity index (χ0v) is 9.23. The van der Waals surface area contributed by atoms with E-state index >= 15 is 0 Å². The van der Waals surface area contributed by atoms with Crippen molar-refractivity contribution in [2.75, 3.05) is 11.9 Å². The third kappa shape index (κ3) is 3.57. The lowest BCUT2D eigenvalue weighted by Gasteiger charge is -2.13. The first-order valence-corrected chi connectivity index (χ1v) is 4.97. The van der Waals surface area contributed by atoms with E-state index in [2.05, 4.69) is 5.32 Å². The van der Waals surface area contributed by atoms with Crippen molar-refractivity contribution in [3.05, 3.63) is 28.8 Å². The van der Waals surface area contributed by atoms with Crippen LogP contribution in [-0.2, 0) is 6.18 Å². The summed E-state index contributed by atoms with van der Waals surface area (Å²) in [6, 6.07) is 3.53. The molecule has 1 rings (SSSR count). The fourth-order valence-electron chi connectivity index (χ4n) is 1.12. The fourth-order valence-corrected chi connectivity index (χ4v) is 1.34. The molecule has 16 heavy (non-hydrogen) atoms. The summed E-state index contributed by atoms with van der Waals surface area (Å²) in [4.78, 5) is 0. The lowest BCUT2D eigenvalue weighted by Crippen LogP contribution is -2.16. The Morgan fingerprint density at radius 3 is 2.56 bits per heavy atom. The van der Waals surface area contributed by atoms with Crippen LogP contribution in [0.4, 0.5) is 18.9 Å². The quantitative estimate of drug-likeness (QED) is 0.867. The molecule has 90 valence electrons. The highest BCUT2D eigenvalue weighted by molar-refractivity contribution is 6.31. The van der Waals surface area contributed by atoms with Crippen LogP contribution in [0.25, 0.3) is 0 Å². The number of halogens is 4. The van der Waals surface area contributed by atoms with Crippen LogP contribution >= 0.6 is 11.6 Å². The normalized spacial score (nSPS) is 13.6. The van der Waals surface area contributed by atoms with Gasteiger partial charge in [-0.15, -0.1) is 0 Å². The SMILES string of the molecule is C[C@H](O)CNc1ccc(Cl)c(C(F)(F)F)c1. The van der Waals surface area contributed by atoms with E-state index in [1.807, 2.05) is 0 Å². The van der Waals surface area contributed by atoms with Gasteiger partial charge in [-0.05, 0) is 25.1 Å². The molecule has 6 heteroatoms. The van der Waals surface area contributed by atoms with Gasteiger partial charge >= 0.3 is 6.18 Å². The van der Waals surface area contributed by atoms with E-state index < -0.39 is 17.8 Å². The average molecular weight is 254 g/mol. The van der Waals surface area contributed by atoms with Gasteiger partial charge in [-0.3, -0.25) is 0 Å². The van der Waals surface area contributed by atoms with Crippen LogP contribution in [0.2, 0.25) is 5.02 Å². The van der Waals surface area contributed by atoms with Crippen molar-refractivity contribution in [2.24, 2.45) is 0 Å². The summed E-state index contributed by atoms with van der Waals surface area (Å²) in [5, 5.41) is 11.3. The summed E-state index contributed by atoms with van der Waals surface area (Å²) < 4.78 is 37.4. The highest BCUT2D eigenvalue weighted by Gasteiger charge is 2.33. The molecule has 0 heterocycles. The van der Waals surface area contributed by atoms with E-state index in [-0.39, 0.29) is 17.3 Å². The molecule has 0 aromatic heterocycles. The van der Waals surface area contributed by atoms with Crippen molar-refractivity contribution in [1.82, 2.24) is 0 Å². The summed E-state index contributed by atoms with van der Waals surface area (Å²) >= 11 is 5.45. The molecule has 0 aliphatic rings. The minimum Gasteiger partial charge on any atom is -0.392 e. The highest BCUT2D eigenvalue weighted by atomic mass is 35.5. The molecule has 0 aliphatic heterocycles. The molecule has 0 saturated carbocycles. The summed E-state index contributed by atoms with van der Waals surface area (Å²) in [5.74, 6) is 0. The van der Waals surface area contributed by atoms with Gasteiger partial charge in [0.15, 0.2) is 0 Å². The fraction of sp³-hybridized carbons (Fsp3) is 0.400. The minimum absolute atomic E-state index is 0.179. The topological polar surface area (TPSA) is 32.3 Å². The number of nitrogens with one attached hydrogen (secondary N) is 1. The van der Waals surface area contributed by atoms with E-state index in [1.165, 1.54) is 19.1 Å². The average Bonchev–Trinajstić information content (AvgIpc) is 2.14. The molecule has 1 aromatic rings. The van der Waals surface area contributed by atoms with E-state index in [1.54, 1.807) is 0 Å². The number of aliphatic hydroxyl groups excluding tert-OH is 1. The van der Waals surface area contributed by atoms with E-state index in [0.717, 1.165) is 6.07 Å². The second kappa shape index (κ2) is 4.93. The first-order valence-electron chi connectivity index (χ1n) is 4.59. The molecular weight excluding hydrogens is 243 g/mol. The van der Waals surface area contributed by atoms with Crippen LogP contribution in [0.1, 0.15) is 12.5 Å². The van der Waals surface area contributed by atoms with Crippen molar-refractivity contribution in [1.29, 1.82) is 0 Å². The molecule has 0 fully saturated rings. The number of alkyl halides is 3. The Hall–Kier alpha value is -0.940. The first kappa shape index (κ1) is 13.1. The van der Waals surface area contributed by atoms with Crippen LogP contribution in [0, 0.1) is 0 Å². The number of benzene rings is 1. The van der Waals surface area contributed by atoms with Crippen LogP contribution in [-0.4, -0.2) is 17.8 Å². The molecule has 0 bridgehead atoms. The van der Waals surface area contributed by atoms with Crippen LogP contribution < -0.4 is 5.32 Å². The predicted octanol–water partition coefficient (Wildman–Crippen LogP) is 3.15. The van der Waals surface area contributed by atoms with Crippen molar-refractivity contribution in [3.63, 3.8) is 0 Å². The maximum Gasteiger partial charge on any atom is 0.417 e. The number of aliphatic hydroxyl groups is 1. The standard InChI is InChI=1S/C10H11ClF3NO/c1-6(16)5-15-7-2-3-9(11)8(4-7)10(12,13)14/h2-4,6,15-16H,5H2,1H3/t6-/m0/s1. The zero-order valence-electron chi connectivity index (χ0n) is 8.48. The Morgan fingerprint density at radius 1 is 1.44 bits per heavy atom. The molecule has 1 atom stereocenters. The van der Waals surface area contributed by atoms with Gasteiger partial charge in [0.1, 0.15) is 0 Å². The van der Waals surface area contributed by atoms with Crippen molar-refractivity contribution < 1.29 is 18.3 Å². The van der Waals surface area contributed by atoms with Gasteiger partial charge in [0.2, 0.25) is 0 Å². The molecule has 2 nitrogen and oxygen atoms in total. The molecule has 1 aromatic carbocycles. The minimum atomic E-state index is -4.47. The number of anilines is 1. The van der Waals surface area contributed by atoms with Gasteiger partial charge in [0, 0.05) is 12.2 Å². The van der Waals surface area contributed by atoms with E-state index in [0.29, 0.717) is 0 Å². The van der Waals surface area contributed by atoms with Gasteiger partial charge in [0.25, 0.3) is 0 Å². The van der Waals surface area contributed by atoms with Crippen LogP contribution in [0.5, 0.6) is 0 Å².